The van der Waals surface area contributed by atoms with Crippen molar-refractivity contribution in [1.29, 1.82) is 0 Å². The molecule has 0 radical (unpaired) electrons. The molecule has 4 heteroatoms. The average Bonchev–Trinajstić information content (AvgIpc) is 2.11. The minimum atomic E-state index is -0.907. The lowest BCUT2D eigenvalue weighted by Gasteiger charge is -2.11. The molecule has 0 rings (SSSR count). The predicted molar refractivity (Wildman–Crippen MR) is 48.4 cm³/mol. The molecule has 0 aliphatic heterocycles. The van der Waals surface area contributed by atoms with E-state index in [0.29, 0.717) is 0 Å². The number of hydrogen-bond acceptors (Lipinski definition) is 3. The highest BCUT2D eigenvalue weighted by molar-refractivity contribution is 5.79. The molecule has 0 saturated heterocycles. The zero-order valence-corrected chi connectivity index (χ0v) is 8.03. The summed E-state index contributed by atoms with van der Waals surface area (Å²) in [6, 6.07) is 0. The normalized spacial score (nSPS) is 11.3. The molecular formula is C9H16O4. The number of methoxy groups -OCH3 is 2. The first-order chi connectivity index (χ1) is 6.20. The highest BCUT2D eigenvalue weighted by atomic mass is 16.7. The summed E-state index contributed by atoms with van der Waals surface area (Å²) in [7, 11) is 3.17. The highest BCUT2D eigenvalue weighted by Crippen LogP contribution is 2.04. The number of carboxylic acids is 1. The Bertz CT molecular complexity index is 161. The van der Waals surface area contributed by atoms with E-state index in [1.807, 2.05) is 0 Å². The first-order valence-electron chi connectivity index (χ1n) is 4.15. The van der Waals surface area contributed by atoms with Crippen molar-refractivity contribution in [2.45, 2.75) is 25.6 Å². The Kier molecular flexibility index (Phi) is 7.24. The summed E-state index contributed by atoms with van der Waals surface area (Å²) in [5.41, 5.74) is 0. The van der Waals surface area contributed by atoms with Crippen LogP contribution in [-0.2, 0) is 14.3 Å². The van der Waals surface area contributed by atoms with Crippen molar-refractivity contribution in [2.75, 3.05) is 14.2 Å². The van der Waals surface area contributed by atoms with Crippen LogP contribution in [0.25, 0.3) is 0 Å². The maximum absolute atomic E-state index is 10.1. The summed E-state index contributed by atoms with van der Waals surface area (Å²) in [6.07, 6.45) is 4.96. The third kappa shape index (κ3) is 7.49. The number of rotatable bonds is 7. The molecule has 0 aromatic carbocycles. The monoisotopic (exact) mass is 188 g/mol. The van der Waals surface area contributed by atoms with Crippen molar-refractivity contribution in [3.63, 3.8) is 0 Å². The standard InChI is InChI=1S/C9H16O4/c1-12-9(13-2)7-5-3-4-6-8(10)11/h4,6,9H,3,5,7H2,1-2H3,(H,10,11)/b6-4+. The Morgan fingerprint density at radius 2 is 2.08 bits per heavy atom. The maximum Gasteiger partial charge on any atom is 0.327 e. The van der Waals surface area contributed by atoms with E-state index in [2.05, 4.69) is 0 Å². The Hall–Kier alpha value is -0.870. The van der Waals surface area contributed by atoms with Crippen LogP contribution in [0, 0.1) is 0 Å². The van der Waals surface area contributed by atoms with Gasteiger partial charge in [0.05, 0.1) is 0 Å². The molecule has 0 bridgehead atoms. The third-order valence-electron chi connectivity index (χ3n) is 1.60. The van der Waals surface area contributed by atoms with Crippen molar-refractivity contribution >= 4 is 5.97 Å². The largest absolute Gasteiger partial charge is 0.478 e. The second kappa shape index (κ2) is 7.76. The minimum absolute atomic E-state index is 0.182. The quantitative estimate of drug-likeness (QED) is 0.373. The molecule has 0 aromatic heterocycles. The lowest BCUT2D eigenvalue weighted by molar-refractivity contribution is -0.131. The molecule has 76 valence electrons. The van der Waals surface area contributed by atoms with Gasteiger partial charge in [-0.1, -0.05) is 6.08 Å². The summed E-state index contributed by atoms with van der Waals surface area (Å²) in [6.45, 7) is 0. The lowest BCUT2D eigenvalue weighted by atomic mass is 10.2. The van der Waals surface area contributed by atoms with E-state index in [0.717, 1.165) is 25.3 Å². The van der Waals surface area contributed by atoms with Gasteiger partial charge in [0.25, 0.3) is 0 Å². The van der Waals surface area contributed by atoms with E-state index in [4.69, 9.17) is 14.6 Å². The van der Waals surface area contributed by atoms with Crippen LogP contribution in [0.4, 0.5) is 0 Å². The highest BCUT2D eigenvalue weighted by Gasteiger charge is 2.02. The number of carboxylic acid groups (broad SMARTS) is 1. The molecule has 0 aliphatic carbocycles. The molecule has 0 atom stereocenters. The van der Waals surface area contributed by atoms with Crippen LogP contribution in [0.5, 0.6) is 0 Å². The molecule has 0 aromatic rings. The predicted octanol–water partition coefficient (Wildman–Crippen LogP) is 1.42. The molecule has 1 N–H and O–H groups in total. The van der Waals surface area contributed by atoms with E-state index in [1.165, 1.54) is 0 Å². The Morgan fingerprint density at radius 3 is 2.54 bits per heavy atom. The zero-order chi connectivity index (χ0) is 10.1. The van der Waals surface area contributed by atoms with Crippen molar-refractivity contribution in [1.82, 2.24) is 0 Å². The van der Waals surface area contributed by atoms with Gasteiger partial charge >= 0.3 is 5.97 Å². The molecular weight excluding hydrogens is 172 g/mol. The van der Waals surface area contributed by atoms with Gasteiger partial charge in [-0.15, -0.1) is 0 Å². The average molecular weight is 188 g/mol. The first kappa shape index (κ1) is 12.1. The molecule has 0 unspecified atom stereocenters. The number of unbranched alkanes of at least 4 members (excludes halogenated alkanes) is 1. The van der Waals surface area contributed by atoms with Gasteiger partial charge in [-0.3, -0.25) is 0 Å². The summed E-state index contributed by atoms with van der Waals surface area (Å²) < 4.78 is 9.93. The van der Waals surface area contributed by atoms with Crippen LogP contribution >= 0.6 is 0 Å². The van der Waals surface area contributed by atoms with Crippen LogP contribution in [0.1, 0.15) is 19.3 Å². The molecule has 0 aliphatic rings. The van der Waals surface area contributed by atoms with E-state index in [1.54, 1.807) is 20.3 Å². The Labute approximate surface area is 78.2 Å². The zero-order valence-electron chi connectivity index (χ0n) is 8.03. The number of carbonyl (C=O) groups is 1. The van der Waals surface area contributed by atoms with E-state index in [-0.39, 0.29) is 6.29 Å². The first-order valence-corrected chi connectivity index (χ1v) is 4.15. The van der Waals surface area contributed by atoms with Crippen molar-refractivity contribution in [3.8, 4) is 0 Å². The molecule has 0 heterocycles. The Balaban J connectivity index is 3.39. The van der Waals surface area contributed by atoms with Gasteiger partial charge in [0, 0.05) is 20.3 Å². The maximum atomic E-state index is 10.1. The van der Waals surface area contributed by atoms with Gasteiger partial charge < -0.3 is 14.6 Å². The van der Waals surface area contributed by atoms with Crippen LogP contribution in [0.3, 0.4) is 0 Å². The molecule has 0 fully saturated rings. The van der Waals surface area contributed by atoms with Crippen LogP contribution < -0.4 is 0 Å². The summed E-state index contributed by atoms with van der Waals surface area (Å²) in [5, 5.41) is 8.28. The number of hydrogen-bond donors (Lipinski definition) is 1. The van der Waals surface area contributed by atoms with Crippen molar-refractivity contribution in [3.05, 3.63) is 12.2 Å². The summed E-state index contributed by atoms with van der Waals surface area (Å²) in [5.74, 6) is -0.907. The van der Waals surface area contributed by atoms with Crippen LogP contribution in [0.15, 0.2) is 12.2 Å². The topological polar surface area (TPSA) is 55.8 Å². The van der Waals surface area contributed by atoms with Crippen LogP contribution in [0.2, 0.25) is 0 Å². The van der Waals surface area contributed by atoms with E-state index < -0.39 is 5.97 Å². The molecule has 0 saturated carbocycles. The summed E-state index contributed by atoms with van der Waals surface area (Å²) in [4.78, 5) is 10.1. The SMILES string of the molecule is COC(CCC/C=C/C(=O)O)OC. The number of allylic oxidation sites excluding steroid dienone is 1. The second-order valence-electron chi connectivity index (χ2n) is 2.57. The molecule has 13 heavy (non-hydrogen) atoms. The van der Waals surface area contributed by atoms with Gasteiger partial charge in [0.15, 0.2) is 6.29 Å². The molecule has 4 nitrogen and oxygen atoms in total. The van der Waals surface area contributed by atoms with Crippen molar-refractivity contribution < 1.29 is 19.4 Å². The number of ether oxygens (including phenoxy) is 2. The smallest absolute Gasteiger partial charge is 0.327 e. The fourth-order valence-corrected chi connectivity index (χ4v) is 0.918. The molecule has 0 amide bonds. The minimum Gasteiger partial charge on any atom is -0.478 e. The third-order valence-corrected chi connectivity index (χ3v) is 1.60. The fraction of sp³-hybridized carbons (Fsp3) is 0.667. The van der Waals surface area contributed by atoms with Crippen molar-refractivity contribution in [2.24, 2.45) is 0 Å². The van der Waals surface area contributed by atoms with Gasteiger partial charge in [0.1, 0.15) is 0 Å². The van der Waals surface area contributed by atoms with E-state index in [9.17, 15) is 4.79 Å². The summed E-state index contributed by atoms with van der Waals surface area (Å²) >= 11 is 0. The fourth-order valence-electron chi connectivity index (χ4n) is 0.918. The van der Waals surface area contributed by atoms with E-state index >= 15 is 0 Å². The second-order valence-corrected chi connectivity index (χ2v) is 2.57. The van der Waals surface area contributed by atoms with Gasteiger partial charge in [-0.2, -0.15) is 0 Å². The van der Waals surface area contributed by atoms with Gasteiger partial charge in [-0.25, -0.2) is 4.79 Å². The Morgan fingerprint density at radius 1 is 1.46 bits per heavy atom. The van der Waals surface area contributed by atoms with Gasteiger partial charge in [0.2, 0.25) is 0 Å². The number of aliphatic carboxylic acids is 1. The lowest BCUT2D eigenvalue weighted by Crippen LogP contribution is -2.12. The van der Waals surface area contributed by atoms with Crippen LogP contribution in [-0.4, -0.2) is 31.6 Å². The molecule has 0 spiro atoms. The van der Waals surface area contributed by atoms with Gasteiger partial charge in [-0.05, 0) is 19.3 Å².